The number of carbonyl (C=O) groups excluding carboxylic acids is 1. The molecule has 1 amide bonds. The van der Waals surface area contributed by atoms with E-state index in [0.29, 0.717) is 28.0 Å². The summed E-state index contributed by atoms with van der Waals surface area (Å²) in [6.07, 6.45) is 2.01. The number of aryl methyl sites for hydroxylation is 2. The summed E-state index contributed by atoms with van der Waals surface area (Å²) < 4.78 is 11.5. The SMILES string of the molecule is COc1cccc(N2C(=O)c3oc4cc(C)c(C)cc4c(=O)c3C2c2ccc(SC)cc2)c1. The molecule has 1 unspecified atom stereocenters. The third kappa shape index (κ3) is 3.42. The Labute approximate surface area is 196 Å². The van der Waals surface area contributed by atoms with Crippen LogP contribution in [0.1, 0.15) is 38.9 Å². The molecule has 3 aromatic carbocycles. The van der Waals surface area contributed by atoms with Crippen molar-refractivity contribution in [1.29, 1.82) is 0 Å². The molecule has 0 N–H and O–H groups in total. The van der Waals surface area contributed by atoms with Gasteiger partial charge in [-0.05, 0) is 73.2 Å². The van der Waals surface area contributed by atoms with Crippen LogP contribution in [-0.4, -0.2) is 19.3 Å². The molecule has 1 aromatic heterocycles. The number of rotatable bonds is 4. The largest absolute Gasteiger partial charge is 0.497 e. The topological polar surface area (TPSA) is 59.8 Å². The second-order valence-electron chi connectivity index (χ2n) is 8.16. The monoisotopic (exact) mass is 457 g/mol. The summed E-state index contributed by atoms with van der Waals surface area (Å²) in [5, 5.41) is 0.489. The van der Waals surface area contributed by atoms with Gasteiger partial charge in [-0.25, -0.2) is 0 Å². The average molecular weight is 458 g/mol. The lowest BCUT2D eigenvalue weighted by atomic mass is 9.97. The van der Waals surface area contributed by atoms with Gasteiger partial charge in [-0.2, -0.15) is 0 Å². The van der Waals surface area contributed by atoms with Crippen LogP contribution in [0.5, 0.6) is 5.75 Å². The van der Waals surface area contributed by atoms with Gasteiger partial charge in [0.05, 0.1) is 24.1 Å². The summed E-state index contributed by atoms with van der Waals surface area (Å²) in [5.41, 5.74) is 4.12. The molecule has 0 aliphatic carbocycles. The van der Waals surface area contributed by atoms with Crippen LogP contribution in [0.15, 0.2) is 74.8 Å². The zero-order valence-electron chi connectivity index (χ0n) is 18.8. The van der Waals surface area contributed by atoms with Gasteiger partial charge in [0, 0.05) is 16.6 Å². The van der Waals surface area contributed by atoms with Gasteiger partial charge in [-0.3, -0.25) is 14.5 Å². The highest BCUT2D eigenvalue weighted by atomic mass is 32.2. The van der Waals surface area contributed by atoms with Crippen LogP contribution in [0.3, 0.4) is 0 Å². The lowest BCUT2D eigenvalue weighted by molar-refractivity contribution is 0.0971. The molecular weight excluding hydrogens is 434 g/mol. The number of amides is 1. The number of anilines is 1. The third-order valence-electron chi connectivity index (χ3n) is 6.25. The molecule has 0 radical (unpaired) electrons. The van der Waals surface area contributed by atoms with E-state index in [4.69, 9.17) is 9.15 Å². The lowest BCUT2D eigenvalue weighted by Gasteiger charge is -2.25. The zero-order chi connectivity index (χ0) is 23.3. The van der Waals surface area contributed by atoms with Crippen LogP contribution in [0.25, 0.3) is 11.0 Å². The molecule has 1 aliphatic rings. The number of hydrogen-bond donors (Lipinski definition) is 0. The van der Waals surface area contributed by atoms with Crippen molar-refractivity contribution in [2.75, 3.05) is 18.3 Å². The number of methoxy groups -OCH3 is 1. The fraction of sp³-hybridized carbons (Fsp3) is 0.185. The highest BCUT2D eigenvalue weighted by Gasteiger charge is 2.43. The van der Waals surface area contributed by atoms with E-state index in [1.807, 2.05) is 74.7 Å². The maximum Gasteiger partial charge on any atom is 0.295 e. The van der Waals surface area contributed by atoms with Crippen molar-refractivity contribution in [3.8, 4) is 5.75 Å². The van der Waals surface area contributed by atoms with Crippen LogP contribution in [0, 0.1) is 13.8 Å². The van der Waals surface area contributed by atoms with E-state index in [9.17, 15) is 9.59 Å². The first-order chi connectivity index (χ1) is 15.9. The molecule has 1 aliphatic heterocycles. The van der Waals surface area contributed by atoms with Crippen molar-refractivity contribution in [3.05, 3.63) is 98.9 Å². The maximum atomic E-state index is 13.8. The number of ether oxygens (including phenoxy) is 1. The van der Waals surface area contributed by atoms with Crippen LogP contribution in [-0.2, 0) is 0 Å². The minimum atomic E-state index is -0.599. The quantitative estimate of drug-likeness (QED) is 0.358. The molecule has 4 aromatic rings. The lowest BCUT2D eigenvalue weighted by Crippen LogP contribution is -2.29. The van der Waals surface area contributed by atoms with Gasteiger partial charge < -0.3 is 9.15 Å². The van der Waals surface area contributed by atoms with Crippen molar-refractivity contribution < 1.29 is 13.9 Å². The second-order valence-corrected chi connectivity index (χ2v) is 9.04. The van der Waals surface area contributed by atoms with E-state index in [2.05, 4.69) is 0 Å². The third-order valence-corrected chi connectivity index (χ3v) is 6.99. The Hall–Kier alpha value is -3.51. The van der Waals surface area contributed by atoms with Gasteiger partial charge in [0.1, 0.15) is 11.3 Å². The van der Waals surface area contributed by atoms with E-state index in [-0.39, 0.29) is 17.1 Å². The molecule has 33 heavy (non-hydrogen) atoms. The van der Waals surface area contributed by atoms with Crippen molar-refractivity contribution in [3.63, 3.8) is 0 Å². The number of carbonyl (C=O) groups is 1. The highest BCUT2D eigenvalue weighted by Crippen LogP contribution is 2.42. The molecule has 2 heterocycles. The predicted molar refractivity (Wildman–Crippen MR) is 132 cm³/mol. The summed E-state index contributed by atoms with van der Waals surface area (Å²) in [6.45, 7) is 3.93. The molecule has 0 spiro atoms. The average Bonchev–Trinajstić information content (AvgIpc) is 3.13. The fourth-order valence-corrected chi connectivity index (χ4v) is 4.76. The van der Waals surface area contributed by atoms with E-state index in [0.717, 1.165) is 21.6 Å². The van der Waals surface area contributed by atoms with Gasteiger partial charge in [0.25, 0.3) is 5.91 Å². The molecule has 0 fully saturated rings. The molecule has 5 nitrogen and oxygen atoms in total. The van der Waals surface area contributed by atoms with E-state index in [1.54, 1.807) is 29.8 Å². The minimum Gasteiger partial charge on any atom is -0.497 e. The Morgan fingerprint density at radius 3 is 2.39 bits per heavy atom. The van der Waals surface area contributed by atoms with Crippen molar-refractivity contribution >= 4 is 34.3 Å². The molecule has 6 heteroatoms. The van der Waals surface area contributed by atoms with Gasteiger partial charge in [0.2, 0.25) is 5.76 Å². The van der Waals surface area contributed by atoms with Crippen LogP contribution >= 0.6 is 11.8 Å². The Bertz CT molecular complexity index is 1460. The van der Waals surface area contributed by atoms with E-state index >= 15 is 0 Å². The van der Waals surface area contributed by atoms with E-state index in [1.165, 1.54) is 0 Å². The molecule has 5 rings (SSSR count). The van der Waals surface area contributed by atoms with Gasteiger partial charge in [-0.15, -0.1) is 11.8 Å². The molecule has 0 saturated heterocycles. The summed E-state index contributed by atoms with van der Waals surface area (Å²) >= 11 is 1.64. The Kier molecular flexibility index (Phi) is 5.25. The van der Waals surface area contributed by atoms with Gasteiger partial charge >= 0.3 is 0 Å². The molecular formula is C27H23NO4S. The van der Waals surface area contributed by atoms with Crippen LogP contribution < -0.4 is 15.1 Å². The summed E-state index contributed by atoms with van der Waals surface area (Å²) in [5.74, 6) is 0.385. The molecule has 1 atom stereocenters. The summed E-state index contributed by atoms with van der Waals surface area (Å²) in [4.78, 5) is 30.2. The first-order valence-electron chi connectivity index (χ1n) is 10.6. The number of hydrogen-bond acceptors (Lipinski definition) is 5. The number of thioether (sulfide) groups is 1. The number of fused-ring (bicyclic) bond motifs is 2. The van der Waals surface area contributed by atoms with Crippen molar-refractivity contribution in [2.24, 2.45) is 0 Å². The molecule has 166 valence electrons. The number of benzene rings is 3. The van der Waals surface area contributed by atoms with Gasteiger partial charge in [0.15, 0.2) is 5.43 Å². The normalized spacial score (nSPS) is 15.2. The fourth-order valence-electron chi connectivity index (χ4n) is 4.36. The van der Waals surface area contributed by atoms with Gasteiger partial charge in [-0.1, -0.05) is 18.2 Å². The second kappa shape index (κ2) is 8.12. The molecule has 0 bridgehead atoms. The summed E-state index contributed by atoms with van der Waals surface area (Å²) in [6, 6.07) is 18.3. The maximum absolute atomic E-state index is 13.8. The summed E-state index contributed by atoms with van der Waals surface area (Å²) in [7, 11) is 1.58. The van der Waals surface area contributed by atoms with Crippen molar-refractivity contribution in [1.82, 2.24) is 0 Å². The number of nitrogens with zero attached hydrogens (tertiary/aromatic N) is 1. The Morgan fingerprint density at radius 1 is 0.970 bits per heavy atom. The first kappa shape index (κ1) is 21.3. The van der Waals surface area contributed by atoms with Crippen molar-refractivity contribution in [2.45, 2.75) is 24.8 Å². The Balaban J connectivity index is 1.80. The van der Waals surface area contributed by atoms with Crippen LogP contribution in [0.2, 0.25) is 0 Å². The standard InChI is InChI=1S/C27H23NO4S/c1-15-12-21-22(13-16(15)2)32-26-23(25(21)29)24(17-8-10-20(33-4)11-9-17)28(27(26)30)18-6-5-7-19(14-18)31-3/h5-14,24H,1-4H3. The smallest absolute Gasteiger partial charge is 0.295 e. The minimum absolute atomic E-state index is 0.0949. The predicted octanol–water partition coefficient (Wildman–Crippen LogP) is 5.89. The molecule has 0 saturated carbocycles. The van der Waals surface area contributed by atoms with E-state index < -0.39 is 6.04 Å². The van der Waals surface area contributed by atoms with Crippen LogP contribution in [0.4, 0.5) is 5.69 Å². The first-order valence-corrected chi connectivity index (χ1v) is 11.8. The zero-order valence-corrected chi connectivity index (χ0v) is 19.7. The highest BCUT2D eigenvalue weighted by molar-refractivity contribution is 7.98. The Morgan fingerprint density at radius 2 is 1.70 bits per heavy atom.